The van der Waals surface area contributed by atoms with Gasteiger partial charge in [-0.25, -0.2) is 14.1 Å². The molecule has 0 saturated carbocycles. The molecule has 0 aliphatic rings. The summed E-state index contributed by atoms with van der Waals surface area (Å²) in [5, 5.41) is 5.12. The van der Waals surface area contributed by atoms with Gasteiger partial charge in [0, 0.05) is 23.1 Å². The highest BCUT2D eigenvalue weighted by Crippen LogP contribution is 2.18. The molecule has 2 aromatic heterocycles. The van der Waals surface area contributed by atoms with Crippen LogP contribution in [0.1, 0.15) is 25.7 Å². The first-order chi connectivity index (χ1) is 9.15. The van der Waals surface area contributed by atoms with Crippen molar-refractivity contribution in [1.29, 1.82) is 0 Å². The Bertz CT molecular complexity index is 711. The average Bonchev–Trinajstić information content (AvgIpc) is 2.97. The summed E-state index contributed by atoms with van der Waals surface area (Å²) in [5.41, 5.74) is 1.000. The summed E-state index contributed by atoms with van der Waals surface area (Å²) in [4.78, 5) is 4.29. The molecule has 0 aliphatic heterocycles. The van der Waals surface area contributed by atoms with Crippen LogP contribution in [0, 0.1) is 5.82 Å². The van der Waals surface area contributed by atoms with Gasteiger partial charge in [-0.15, -0.1) is 0 Å². The van der Waals surface area contributed by atoms with E-state index in [2.05, 4.69) is 28.5 Å². The van der Waals surface area contributed by atoms with E-state index in [1.807, 2.05) is 16.9 Å². The van der Waals surface area contributed by atoms with Crippen molar-refractivity contribution >= 4 is 10.9 Å². The van der Waals surface area contributed by atoms with Gasteiger partial charge in [0.05, 0.1) is 6.54 Å². The van der Waals surface area contributed by atoms with Crippen LogP contribution >= 0.6 is 0 Å². The zero-order valence-electron chi connectivity index (χ0n) is 10.9. The Labute approximate surface area is 110 Å². The average molecular weight is 258 g/mol. The number of hydrogen-bond acceptors (Lipinski definition) is 2. The van der Waals surface area contributed by atoms with E-state index in [9.17, 15) is 4.39 Å². The van der Waals surface area contributed by atoms with Crippen LogP contribution in [0.5, 0.6) is 0 Å². The summed E-state index contributed by atoms with van der Waals surface area (Å²) in [6, 6.07) is 7.00. The number of halogens is 1. The van der Waals surface area contributed by atoms with Gasteiger partial charge in [0.1, 0.15) is 18.0 Å². The van der Waals surface area contributed by atoms with Crippen molar-refractivity contribution in [3.8, 4) is 0 Å². The van der Waals surface area contributed by atoms with E-state index in [1.165, 1.54) is 6.07 Å². The third-order valence-corrected chi connectivity index (χ3v) is 3.18. The minimum atomic E-state index is -0.212. The topological polar surface area (TPSA) is 35.6 Å². The van der Waals surface area contributed by atoms with Crippen LogP contribution in [-0.2, 0) is 6.54 Å². The van der Waals surface area contributed by atoms with Gasteiger partial charge < -0.3 is 4.57 Å². The third-order valence-electron chi connectivity index (χ3n) is 3.18. The van der Waals surface area contributed by atoms with Gasteiger partial charge in [0.15, 0.2) is 0 Å². The molecule has 0 unspecified atom stereocenters. The van der Waals surface area contributed by atoms with Crippen molar-refractivity contribution in [3.05, 3.63) is 48.4 Å². The number of nitrogens with zero attached hydrogens (tertiary/aromatic N) is 4. The molecule has 0 aliphatic carbocycles. The van der Waals surface area contributed by atoms with Gasteiger partial charge in [-0.05, 0) is 38.1 Å². The highest BCUT2D eigenvalue weighted by atomic mass is 19.1. The van der Waals surface area contributed by atoms with Gasteiger partial charge >= 0.3 is 0 Å². The summed E-state index contributed by atoms with van der Waals surface area (Å²) in [5.74, 6) is 0.687. The second kappa shape index (κ2) is 4.50. The van der Waals surface area contributed by atoms with Crippen LogP contribution < -0.4 is 0 Å². The van der Waals surface area contributed by atoms with Gasteiger partial charge in [-0.3, -0.25) is 0 Å². The largest absolute Gasteiger partial charge is 0.340 e. The second-order valence-electron chi connectivity index (χ2n) is 4.86. The number of aromatic nitrogens is 4. The fourth-order valence-electron chi connectivity index (χ4n) is 2.28. The number of rotatable bonds is 3. The quantitative estimate of drug-likeness (QED) is 0.724. The first kappa shape index (κ1) is 11.9. The van der Waals surface area contributed by atoms with E-state index >= 15 is 0 Å². The molecular weight excluding hydrogens is 243 g/mol. The molecule has 4 nitrogen and oxygen atoms in total. The van der Waals surface area contributed by atoms with E-state index in [0.717, 1.165) is 16.7 Å². The van der Waals surface area contributed by atoms with E-state index in [1.54, 1.807) is 18.5 Å². The Morgan fingerprint density at radius 2 is 2.11 bits per heavy atom. The molecular formula is C14H15FN4. The van der Waals surface area contributed by atoms with E-state index < -0.39 is 0 Å². The standard InChI is InChI=1S/C14H15FN4/c1-10(2)19-14(16-9-17-19)8-18-6-5-11-7-12(15)3-4-13(11)18/h3-7,9-10H,8H2,1-2H3. The molecule has 0 atom stereocenters. The zero-order valence-corrected chi connectivity index (χ0v) is 10.9. The van der Waals surface area contributed by atoms with Crippen LogP contribution in [0.4, 0.5) is 4.39 Å². The van der Waals surface area contributed by atoms with E-state index in [-0.39, 0.29) is 11.9 Å². The molecule has 0 spiro atoms. The molecule has 3 aromatic rings. The maximum Gasteiger partial charge on any atom is 0.147 e. The molecule has 0 amide bonds. The molecule has 3 rings (SSSR count). The lowest BCUT2D eigenvalue weighted by molar-refractivity contribution is 0.498. The predicted octanol–water partition coefficient (Wildman–Crippen LogP) is 3.00. The lowest BCUT2D eigenvalue weighted by Crippen LogP contribution is -2.11. The fourth-order valence-corrected chi connectivity index (χ4v) is 2.28. The Morgan fingerprint density at radius 1 is 1.26 bits per heavy atom. The van der Waals surface area contributed by atoms with Crippen LogP contribution in [0.3, 0.4) is 0 Å². The SMILES string of the molecule is CC(C)n1ncnc1Cn1ccc2cc(F)ccc21. The molecule has 19 heavy (non-hydrogen) atoms. The van der Waals surface area contributed by atoms with Crippen LogP contribution in [0.25, 0.3) is 10.9 Å². The predicted molar refractivity (Wildman–Crippen MR) is 71.4 cm³/mol. The Kier molecular flexibility index (Phi) is 2.81. The first-order valence-corrected chi connectivity index (χ1v) is 6.28. The second-order valence-corrected chi connectivity index (χ2v) is 4.86. The lowest BCUT2D eigenvalue weighted by Gasteiger charge is -2.10. The van der Waals surface area contributed by atoms with Crippen LogP contribution in [-0.4, -0.2) is 19.3 Å². The van der Waals surface area contributed by atoms with Gasteiger partial charge in [0.25, 0.3) is 0 Å². The molecule has 2 heterocycles. The van der Waals surface area contributed by atoms with Crippen molar-refractivity contribution in [3.63, 3.8) is 0 Å². The maximum atomic E-state index is 13.2. The number of benzene rings is 1. The number of hydrogen-bond donors (Lipinski definition) is 0. The number of fused-ring (bicyclic) bond motifs is 1. The molecule has 1 aromatic carbocycles. The van der Waals surface area contributed by atoms with Crippen molar-refractivity contribution < 1.29 is 4.39 Å². The highest BCUT2D eigenvalue weighted by molar-refractivity contribution is 5.80. The minimum absolute atomic E-state index is 0.212. The van der Waals surface area contributed by atoms with Gasteiger partial charge in [0.2, 0.25) is 0 Å². The normalized spacial score (nSPS) is 11.6. The molecule has 5 heteroatoms. The smallest absolute Gasteiger partial charge is 0.147 e. The first-order valence-electron chi connectivity index (χ1n) is 6.28. The van der Waals surface area contributed by atoms with Crippen molar-refractivity contribution in [2.45, 2.75) is 26.4 Å². The molecule has 0 radical (unpaired) electrons. The van der Waals surface area contributed by atoms with Gasteiger partial charge in [-0.2, -0.15) is 5.10 Å². The zero-order chi connectivity index (χ0) is 13.4. The monoisotopic (exact) mass is 258 g/mol. The van der Waals surface area contributed by atoms with Crippen molar-refractivity contribution in [2.24, 2.45) is 0 Å². The molecule has 0 N–H and O–H groups in total. The summed E-state index contributed by atoms with van der Waals surface area (Å²) >= 11 is 0. The molecule has 0 saturated heterocycles. The van der Waals surface area contributed by atoms with E-state index in [4.69, 9.17) is 0 Å². The minimum Gasteiger partial charge on any atom is -0.340 e. The molecule has 0 fully saturated rings. The summed E-state index contributed by atoms with van der Waals surface area (Å²) in [7, 11) is 0. The third kappa shape index (κ3) is 2.12. The summed E-state index contributed by atoms with van der Waals surface area (Å²) in [6.45, 7) is 4.77. The highest BCUT2D eigenvalue weighted by Gasteiger charge is 2.09. The summed E-state index contributed by atoms with van der Waals surface area (Å²) in [6.07, 6.45) is 3.52. The lowest BCUT2D eigenvalue weighted by atomic mass is 10.2. The van der Waals surface area contributed by atoms with Crippen LogP contribution in [0.2, 0.25) is 0 Å². The fraction of sp³-hybridized carbons (Fsp3) is 0.286. The van der Waals surface area contributed by atoms with E-state index in [0.29, 0.717) is 6.54 Å². The Hall–Kier alpha value is -2.17. The van der Waals surface area contributed by atoms with Crippen LogP contribution in [0.15, 0.2) is 36.8 Å². The Morgan fingerprint density at radius 3 is 2.89 bits per heavy atom. The van der Waals surface area contributed by atoms with Crippen molar-refractivity contribution in [2.75, 3.05) is 0 Å². The molecule has 98 valence electrons. The van der Waals surface area contributed by atoms with Gasteiger partial charge in [-0.1, -0.05) is 0 Å². The Balaban J connectivity index is 1.99. The van der Waals surface area contributed by atoms with Crippen molar-refractivity contribution in [1.82, 2.24) is 19.3 Å². The maximum absolute atomic E-state index is 13.2. The summed E-state index contributed by atoms with van der Waals surface area (Å²) < 4.78 is 17.1. The molecule has 0 bridgehead atoms.